The SMILES string of the molecule is CCc1ccc(-c2ccccc2)c(B(O)O)c1. The fourth-order valence-corrected chi connectivity index (χ4v) is 1.93. The normalized spacial score (nSPS) is 10.3. The molecule has 3 heteroatoms. The molecular formula is C14H15BO2. The average molecular weight is 226 g/mol. The summed E-state index contributed by atoms with van der Waals surface area (Å²) < 4.78 is 0. The minimum absolute atomic E-state index is 0.565. The second-order valence-electron chi connectivity index (χ2n) is 4.01. The van der Waals surface area contributed by atoms with E-state index >= 15 is 0 Å². The minimum Gasteiger partial charge on any atom is -0.423 e. The summed E-state index contributed by atoms with van der Waals surface area (Å²) >= 11 is 0. The highest BCUT2D eigenvalue weighted by Gasteiger charge is 2.17. The summed E-state index contributed by atoms with van der Waals surface area (Å²) in [6.07, 6.45) is 0.884. The molecule has 86 valence electrons. The topological polar surface area (TPSA) is 40.5 Å². The number of aryl methyl sites for hydroxylation is 1. The maximum absolute atomic E-state index is 9.44. The lowest BCUT2D eigenvalue weighted by molar-refractivity contribution is 0.426. The van der Waals surface area contributed by atoms with Crippen LogP contribution in [0.2, 0.25) is 0 Å². The zero-order chi connectivity index (χ0) is 12.3. The van der Waals surface area contributed by atoms with Gasteiger partial charge in [0.25, 0.3) is 0 Å². The number of hydrogen-bond donors (Lipinski definition) is 2. The lowest BCUT2D eigenvalue weighted by Crippen LogP contribution is -2.32. The van der Waals surface area contributed by atoms with Crippen LogP contribution in [-0.2, 0) is 6.42 Å². The third-order valence-corrected chi connectivity index (χ3v) is 2.89. The Morgan fingerprint density at radius 3 is 2.29 bits per heavy atom. The first kappa shape index (κ1) is 11.9. The van der Waals surface area contributed by atoms with Gasteiger partial charge in [0.2, 0.25) is 0 Å². The van der Waals surface area contributed by atoms with Crippen molar-refractivity contribution in [3.63, 3.8) is 0 Å². The molecule has 0 spiro atoms. The molecule has 0 aliphatic heterocycles. The Bertz CT molecular complexity index is 495. The van der Waals surface area contributed by atoms with Gasteiger partial charge < -0.3 is 10.0 Å². The highest BCUT2D eigenvalue weighted by Crippen LogP contribution is 2.18. The van der Waals surface area contributed by atoms with Gasteiger partial charge in [-0.15, -0.1) is 0 Å². The predicted molar refractivity (Wildman–Crippen MR) is 71.1 cm³/mol. The third-order valence-electron chi connectivity index (χ3n) is 2.89. The summed E-state index contributed by atoms with van der Waals surface area (Å²) in [5, 5.41) is 18.9. The summed E-state index contributed by atoms with van der Waals surface area (Å²) in [4.78, 5) is 0. The maximum atomic E-state index is 9.44. The van der Waals surface area contributed by atoms with Crippen LogP contribution in [0.3, 0.4) is 0 Å². The Labute approximate surface area is 102 Å². The van der Waals surface area contributed by atoms with Crippen molar-refractivity contribution < 1.29 is 10.0 Å². The molecule has 17 heavy (non-hydrogen) atoms. The molecule has 0 bridgehead atoms. The smallest absolute Gasteiger partial charge is 0.423 e. The Morgan fingerprint density at radius 1 is 1.00 bits per heavy atom. The van der Waals surface area contributed by atoms with Crippen LogP contribution in [0.15, 0.2) is 48.5 Å². The summed E-state index contributed by atoms with van der Waals surface area (Å²) in [5.41, 5.74) is 3.54. The van der Waals surface area contributed by atoms with E-state index in [2.05, 4.69) is 0 Å². The van der Waals surface area contributed by atoms with E-state index in [9.17, 15) is 10.0 Å². The molecule has 2 rings (SSSR count). The quantitative estimate of drug-likeness (QED) is 0.780. The summed E-state index contributed by atoms with van der Waals surface area (Å²) in [7, 11) is -1.43. The van der Waals surface area contributed by atoms with Crippen molar-refractivity contribution in [3.05, 3.63) is 54.1 Å². The Balaban J connectivity index is 2.54. The first-order valence-corrected chi connectivity index (χ1v) is 5.76. The van der Waals surface area contributed by atoms with Crippen LogP contribution in [0.25, 0.3) is 11.1 Å². The van der Waals surface area contributed by atoms with Crippen LogP contribution in [0, 0.1) is 0 Å². The van der Waals surface area contributed by atoms with Gasteiger partial charge in [0.1, 0.15) is 0 Å². The summed E-state index contributed by atoms with van der Waals surface area (Å²) in [6, 6.07) is 15.6. The molecular weight excluding hydrogens is 211 g/mol. The Hall–Kier alpha value is -1.58. The van der Waals surface area contributed by atoms with Gasteiger partial charge in [0.05, 0.1) is 0 Å². The maximum Gasteiger partial charge on any atom is 0.489 e. The molecule has 0 amide bonds. The van der Waals surface area contributed by atoms with Gasteiger partial charge in [-0.3, -0.25) is 0 Å². The van der Waals surface area contributed by atoms with Gasteiger partial charge >= 0.3 is 7.12 Å². The predicted octanol–water partition coefficient (Wildman–Crippen LogP) is 1.60. The van der Waals surface area contributed by atoms with Crippen LogP contribution in [0.1, 0.15) is 12.5 Å². The Morgan fingerprint density at radius 2 is 1.71 bits per heavy atom. The molecule has 0 atom stereocenters. The molecule has 0 heterocycles. The van der Waals surface area contributed by atoms with E-state index in [1.54, 1.807) is 0 Å². The second-order valence-corrected chi connectivity index (χ2v) is 4.01. The van der Waals surface area contributed by atoms with Crippen LogP contribution >= 0.6 is 0 Å². The molecule has 2 aromatic carbocycles. The van der Waals surface area contributed by atoms with Crippen molar-refractivity contribution in [1.82, 2.24) is 0 Å². The first-order valence-electron chi connectivity index (χ1n) is 5.76. The monoisotopic (exact) mass is 226 g/mol. The van der Waals surface area contributed by atoms with Crippen LogP contribution in [-0.4, -0.2) is 17.2 Å². The van der Waals surface area contributed by atoms with Gasteiger partial charge in [0, 0.05) is 0 Å². The molecule has 0 aliphatic rings. The van der Waals surface area contributed by atoms with E-state index in [0.717, 1.165) is 23.1 Å². The molecule has 2 N–H and O–H groups in total. The molecule has 0 aliphatic carbocycles. The van der Waals surface area contributed by atoms with Gasteiger partial charge in [-0.1, -0.05) is 55.5 Å². The number of hydrogen-bond acceptors (Lipinski definition) is 2. The van der Waals surface area contributed by atoms with Gasteiger partial charge in [0.15, 0.2) is 0 Å². The summed E-state index contributed by atoms with van der Waals surface area (Å²) in [6.45, 7) is 2.05. The van der Waals surface area contributed by atoms with Crippen molar-refractivity contribution in [2.24, 2.45) is 0 Å². The molecule has 0 fully saturated rings. The zero-order valence-electron chi connectivity index (χ0n) is 9.80. The molecule has 2 aromatic rings. The molecule has 0 radical (unpaired) electrons. The lowest BCUT2D eigenvalue weighted by atomic mass is 9.74. The van der Waals surface area contributed by atoms with Crippen molar-refractivity contribution in [3.8, 4) is 11.1 Å². The lowest BCUT2D eigenvalue weighted by Gasteiger charge is -2.10. The average Bonchev–Trinajstić information content (AvgIpc) is 2.39. The largest absolute Gasteiger partial charge is 0.489 e. The van der Waals surface area contributed by atoms with E-state index in [1.165, 1.54) is 0 Å². The van der Waals surface area contributed by atoms with Gasteiger partial charge in [-0.2, -0.15) is 0 Å². The van der Waals surface area contributed by atoms with E-state index in [0.29, 0.717) is 5.46 Å². The first-order chi connectivity index (χ1) is 8.22. The van der Waals surface area contributed by atoms with Gasteiger partial charge in [-0.25, -0.2) is 0 Å². The van der Waals surface area contributed by atoms with E-state index in [4.69, 9.17) is 0 Å². The highest BCUT2D eigenvalue weighted by molar-refractivity contribution is 6.60. The van der Waals surface area contributed by atoms with Crippen LogP contribution in [0.4, 0.5) is 0 Å². The van der Waals surface area contributed by atoms with E-state index < -0.39 is 7.12 Å². The number of benzene rings is 2. The van der Waals surface area contributed by atoms with Crippen molar-refractivity contribution in [2.75, 3.05) is 0 Å². The standard InChI is InChI=1S/C14H15BO2/c1-2-11-8-9-13(14(10-11)15(16)17)12-6-4-3-5-7-12/h3-10,16-17H,2H2,1H3. The highest BCUT2D eigenvalue weighted by atomic mass is 16.4. The molecule has 0 saturated heterocycles. The fraction of sp³-hybridized carbons (Fsp3) is 0.143. The fourth-order valence-electron chi connectivity index (χ4n) is 1.93. The van der Waals surface area contributed by atoms with Crippen molar-refractivity contribution in [2.45, 2.75) is 13.3 Å². The Kier molecular flexibility index (Phi) is 3.62. The molecule has 2 nitrogen and oxygen atoms in total. The van der Waals surface area contributed by atoms with Crippen molar-refractivity contribution >= 4 is 12.6 Å². The minimum atomic E-state index is -1.43. The van der Waals surface area contributed by atoms with Crippen molar-refractivity contribution in [1.29, 1.82) is 0 Å². The summed E-state index contributed by atoms with van der Waals surface area (Å²) in [5.74, 6) is 0. The van der Waals surface area contributed by atoms with Gasteiger partial charge in [-0.05, 0) is 28.6 Å². The zero-order valence-corrected chi connectivity index (χ0v) is 9.80. The third kappa shape index (κ3) is 2.57. The molecule has 0 saturated carbocycles. The number of rotatable bonds is 3. The van der Waals surface area contributed by atoms with Crippen LogP contribution in [0.5, 0.6) is 0 Å². The molecule has 0 aromatic heterocycles. The van der Waals surface area contributed by atoms with Crippen LogP contribution < -0.4 is 5.46 Å². The van der Waals surface area contributed by atoms with E-state index in [1.807, 2.05) is 55.5 Å². The second kappa shape index (κ2) is 5.17. The van der Waals surface area contributed by atoms with E-state index in [-0.39, 0.29) is 0 Å². The molecule has 0 unspecified atom stereocenters.